The molecule has 0 radical (unpaired) electrons. The maximum absolute atomic E-state index is 2.47. The van der Waals surface area contributed by atoms with Crippen LogP contribution >= 0.6 is 0 Å². The molecule has 0 unspecified atom stereocenters. The standard InChI is InChI=1S/C32H33N/c1-7-24-18-22(3)20-29-31(24)30-23(4)17-21(2)19-28(30)33(29)27-15-13-26(14-16-27)32(5,6)25-11-9-8-10-12-25/h8-20H,7H2,1-6H3. The van der Waals surface area contributed by atoms with Crippen LogP contribution in [0.2, 0.25) is 0 Å². The molecule has 0 atom stereocenters. The van der Waals surface area contributed by atoms with E-state index in [1.165, 1.54) is 60.9 Å². The van der Waals surface area contributed by atoms with Crippen LogP contribution in [-0.2, 0) is 11.8 Å². The van der Waals surface area contributed by atoms with Gasteiger partial charge in [-0.15, -0.1) is 0 Å². The van der Waals surface area contributed by atoms with Crippen molar-refractivity contribution < 1.29 is 0 Å². The molecule has 0 N–H and O–H groups in total. The highest BCUT2D eigenvalue weighted by molar-refractivity contribution is 6.12. The summed E-state index contributed by atoms with van der Waals surface area (Å²) in [6, 6.07) is 29.4. The van der Waals surface area contributed by atoms with E-state index in [4.69, 9.17) is 0 Å². The van der Waals surface area contributed by atoms with Gasteiger partial charge >= 0.3 is 0 Å². The van der Waals surface area contributed by atoms with Gasteiger partial charge in [0.1, 0.15) is 0 Å². The number of nitrogens with zero attached hydrogens (tertiary/aromatic N) is 1. The van der Waals surface area contributed by atoms with Crippen molar-refractivity contribution >= 4 is 21.8 Å². The Kier molecular flexibility index (Phi) is 5.16. The summed E-state index contributed by atoms with van der Waals surface area (Å²) < 4.78 is 2.47. The van der Waals surface area contributed by atoms with Crippen LogP contribution in [0.4, 0.5) is 0 Å². The molecule has 0 spiro atoms. The lowest BCUT2D eigenvalue weighted by molar-refractivity contribution is 0.641. The van der Waals surface area contributed by atoms with Crippen molar-refractivity contribution in [2.75, 3.05) is 0 Å². The molecule has 5 aromatic rings. The summed E-state index contributed by atoms with van der Waals surface area (Å²) in [5, 5.41) is 2.80. The topological polar surface area (TPSA) is 4.93 Å². The van der Waals surface area contributed by atoms with E-state index in [1.54, 1.807) is 0 Å². The van der Waals surface area contributed by atoms with Gasteiger partial charge in [0.05, 0.1) is 11.0 Å². The molecule has 0 fully saturated rings. The summed E-state index contributed by atoms with van der Waals surface area (Å²) in [7, 11) is 0. The smallest absolute Gasteiger partial charge is 0.0546 e. The Morgan fingerprint density at radius 3 is 1.88 bits per heavy atom. The maximum Gasteiger partial charge on any atom is 0.0546 e. The number of aryl methyl sites for hydroxylation is 4. The molecule has 0 saturated carbocycles. The Morgan fingerprint density at radius 2 is 1.24 bits per heavy atom. The van der Waals surface area contributed by atoms with Gasteiger partial charge in [0.2, 0.25) is 0 Å². The number of fused-ring (bicyclic) bond motifs is 3. The van der Waals surface area contributed by atoms with Gasteiger partial charge in [-0.3, -0.25) is 0 Å². The van der Waals surface area contributed by atoms with Crippen molar-refractivity contribution in [1.29, 1.82) is 0 Å². The molecule has 1 nitrogen and oxygen atoms in total. The maximum atomic E-state index is 2.47. The lowest BCUT2D eigenvalue weighted by atomic mass is 9.78. The van der Waals surface area contributed by atoms with Crippen LogP contribution in [0, 0.1) is 20.8 Å². The third-order valence-electron chi connectivity index (χ3n) is 7.26. The Labute approximate surface area is 197 Å². The van der Waals surface area contributed by atoms with E-state index in [9.17, 15) is 0 Å². The van der Waals surface area contributed by atoms with Crippen molar-refractivity contribution in [3.8, 4) is 5.69 Å². The monoisotopic (exact) mass is 431 g/mol. The molecule has 0 aliphatic carbocycles. The van der Waals surface area contributed by atoms with Gasteiger partial charge in [0.15, 0.2) is 0 Å². The van der Waals surface area contributed by atoms with Gasteiger partial charge in [0.25, 0.3) is 0 Å². The van der Waals surface area contributed by atoms with Gasteiger partial charge in [0, 0.05) is 21.9 Å². The van der Waals surface area contributed by atoms with Crippen LogP contribution in [0.5, 0.6) is 0 Å². The SMILES string of the molecule is CCc1cc(C)cc2c1c1c(C)cc(C)cc1n2-c1ccc(C(C)(C)c2ccccc2)cc1. The molecule has 5 rings (SSSR count). The lowest BCUT2D eigenvalue weighted by Crippen LogP contribution is -2.18. The van der Waals surface area contributed by atoms with Crippen LogP contribution in [-0.4, -0.2) is 4.57 Å². The molecule has 1 aromatic heterocycles. The molecule has 0 aliphatic heterocycles. The van der Waals surface area contributed by atoms with E-state index in [1.807, 2.05) is 0 Å². The summed E-state index contributed by atoms with van der Waals surface area (Å²) >= 11 is 0. The van der Waals surface area contributed by atoms with Crippen LogP contribution in [0.25, 0.3) is 27.5 Å². The van der Waals surface area contributed by atoms with Crippen molar-refractivity contribution in [3.63, 3.8) is 0 Å². The number of hydrogen-bond donors (Lipinski definition) is 0. The molecule has 0 amide bonds. The molecule has 0 saturated heterocycles. The Morgan fingerprint density at radius 1 is 0.667 bits per heavy atom. The third kappa shape index (κ3) is 3.47. The summed E-state index contributed by atoms with van der Waals surface area (Å²) in [4.78, 5) is 0. The predicted octanol–water partition coefficient (Wildman–Crippen LogP) is 8.60. The highest BCUT2D eigenvalue weighted by Gasteiger charge is 2.23. The number of aromatic nitrogens is 1. The second kappa shape index (κ2) is 7.92. The van der Waals surface area contributed by atoms with Crippen molar-refractivity contribution in [2.24, 2.45) is 0 Å². The molecular formula is C32H33N. The second-order valence-corrected chi connectivity index (χ2v) is 10.0. The number of benzene rings is 4. The van der Waals surface area contributed by atoms with E-state index >= 15 is 0 Å². The minimum Gasteiger partial charge on any atom is -0.309 e. The van der Waals surface area contributed by atoms with Gasteiger partial charge < -0.3 is 4.57 Å². The first-order valence-electron chi connectivity index (χ1n) is 12.0. The zero-order chi connectivity index (χ0) is 23.3. The normalized spacial score (nSPS) is 12.1. The first-order chi connectivity index (χ1) is 15.8. The minimum atomic E-state index is -0.0419. The second-order valence-electron chi connectivity index (χ2n) is 10.0. The van der Waals surface area contributed by atoms with Crippen LogP contribution in [0.15, 0.2) is 78.9 Å². The molecule has 0 bridgehead atoms. The number of rotatable bonds is 4. The zero-order valence-corrected chi connectivity index (χ0v) is 20.7. The molecule has 166 valence electrons. The Hall–Kier alpha value is -3.32. The summed E-state index contributed by atoms with van der Waals surface area (Å²) in [5.41, 5.74) is 11.9. The molecule has 1 heteroatoms. The first kappa shape index (κ1) is 21.5. The lowest BCUT2D eigenvalue weighted by Gasteiger charge is -2.26. The fraction of sp³-hybridized carbons (Fsp3) is 0.250. The largest absolute Gasteiger partial charge is 0.309 e. The minimum absolute atomic E-state index is 0.0419. The molecule has 4 aromatic carbocycles. The van der Waals surface area contributed by atoms with Crippen LogP contribution in [0.3, 0.4) is 0 Å². The fourth-order valence-corrected chi connectivity index (χ4v) is 5.49. The summed E-state index contributed by atoms with van der Waals surface area (Å²) in [6.45, 7) is 13.5. The van der Waals surface area contributed by atoms with Crippen molar-refractivity contribution in [2.45, 2.75) is 53.4 Å². The van der Waals surface area contributed by atoms with Gasteiger partial charge in [-0.05, 0) is 84.8 Å². The average molecular weight is 432 g/mol. The van der Waals surface area contributed by atoms with Crippen molar-refractivity contribution in [3.05, 3.63) is 112 Å². The average Bonchev–Trinajstić information content (AvgIpc) is 3.13. The molecular weight excluding hydrogens is 398 g/mol. The Bertz CT molecular complexity index is 1470. The summed E-state index contributed by atoms with van der Waals surface area (Å²) in [5.74, 6) is 0. The van der Waals surface area contributed by atoms with E-state index in [2.05, 4.69) is 125 Å². The Balaban J connectivity index is 1.76. The number of hydrogen-bond acceptors (Lipinski definition) is 0. The molecule has 0 aliphatic rings. The van der Waals surface area contributed by atoms with Crippen molar-refractivity contribution in [1.82, 2.24) is 4.57 Å². The summed E-state index contributed by atoms with van der Waals surface area (Å²) in [6.07, 6.45) is 1.04. The molecule has 33 heavy (non-hydrogen) atoms. The van der Waals surface area contributed by atoms with Crippen LogP contribution in [0.1, 0.15) is 54.2 Å². The van der Waals surface area contributed by atoms with Gasteiger partial charge in [-0.2, -0.15) is 0 Å². The quantitative estimate of drug-likeness (QED) is 0.268. The first-order valence-corrected chi connectivity index (χ1v) is 12.0. The van der Waals surface area contributed by atoms with E-state index < -0.39 is 0 Å². The highest BCUT2D eigenvalue weighted by atomic mass is 15.0. The van der Waals surface area contributed by atoms with Gasteiger partial charge in [-0.25, -0.2) is 0 Å². The van der Waals surface area contributed by atoms with E-state index in [0.29, 0.717) is 0 Å². The third-order valence-corrected chi connectivity index (χ3v) is 7.26. The molecule has 1 heterocycles. The predicted molar refractivity (Wildman–Crippen MR) is 143 cm³/mol. The van der Waals surface area contributed by atoms with E-state index in [-0.39, 0.29) is 5.41 Å². The van der Waals surface area contributed by atoms with E-state index in [0.717, 1.165) is 6.42 Å². The fourth-order valence-electron chi connectivity index (χ4n) is 5.49. The zero-order valence-electron chi connectivity index (χ0n) is 20.7. The van der Waals surface area contributed by atoms with Gasteiger partial charge in [-0.1, -0.05) is 75.4 Å². The van der Waals surface area contributed by atoms with Crippen LogP contribution < -0.4 is 0 Å². The highest BCUT2D eigenvalue weighted by Crippen LogP contribution is 2.38.